The number of rotatable bonds is 3. The van der Waals surface area contributed by atoms with Crippen LogP contribution < -0.4 is 4.90 Å². The number of hydrogen-bond donors (Lipinski definition) is 1. The monoisotopic (exact) mass is 307 g/mol. The molecule has 1 aliphatic heterocycles. The first-order chi connectivity index (χ1) is 10.2. The summed E-state index contributed by atoms with van der Waals surface area (Å²) in [7, 11) is 0. The van der Waals surface area contributed by atoms with Gasteiger partial charge in [-0.1, -0.05) is 11.6 Å². The van der Waals surface area contributed by atoms with Crippen molar-refractivity contribution in [1.82, 2.24) is 9.97 Å². The molecule has 0 radical (unpaired) electrons. The lowest BCUT2D eigenvalue weighted by atomic mass is 9.98. The third-order valence-corrected chi connectivity index (χ3v) is 4.14. The van der Waals surface area contributed by atoms with Crippen molar-refractivity contribution >= 4 is 34.4 Å². The number of halogens is 1. The van der Waals surface area contributed by atoms with E-state index in [4.69, 9.17) is 16.3 Å². The number of hydrogen-bond acceptors (Lipinski definition) is 4. The van der Waals surface area contributed by atoms with Gasteiger partial charge in [0.15, 0.2) is 0 Å². The Morgan fingerprint density at radius 3 is 3.29 bits per heavy atom. The average molecular weight is 308 g/mol. The molecule has 2 aromatic heterocycles. The van der Waals surface area contributed by atoms with Crippen molar-refractivity contribution < 1.29 is 9.53 Å². The number of carbonyl (C=O) groups is 1. The maximum absolute atomic E-state index is 11.9. The van der Waals surface area contributed by atoms with Crippen LogP contribution in [0.15, 0.2) is 18.3 Å². The lowest BCUT2D eigenvalue weighted by molar-refractivity contribution is -0.148. The third kappa shape index (κ3) is 2.83. The molecular weight excluding hydrogens is 290 g/mol. The first kappa shape index (κ1) is 14.2. The normalized spacial score (nSPS) is 19.0. The van der Waals surface area contributed by atoms with Crippen molar-refractivity contribution in [3.63, 3.8) is 0 Å². The molecule has 5 nitrogen and oxygen atoms in total. The predicted octanol–water partition coefficient (Wildman–Crippen LogP) is 3.00. The van der Waals surface area contributed by atoms with Crippen molar-refractivity contribution in [3.05, 3.63) is 23.4 Å². The zero-order valence-electron chi connectivity index (χ0n) is 11.9. The van der Waals surface area contributed by atoms with E-state index in [2.05, 4.69) is 14.9 Å². The maximum atomic E-state index is 11.9. The SMILES string of the molecule is CCOC(=O)C1CCCN(c2cc(Cl)c3cc[nH]c3n2)C1. The molecule has 0 aromatic carbocycles. The third-order valence-electron chi connectivity index (χ3n) is 3.83. The fraction of sp³-hybridized carbons (Fsp3) is 0.467. The summed E-state index contributed by atoms with van der Waals surface area (Å²) >= 11 is 6.29. The summed E-state index contributed by atoms with van der Waals surface area (Å²) in [6.07, 6.45) is 3.64. The number of nitrogens with zero attached hydrogens (tertiary/aromatic N) is 2. The number of anilines is 1. The Bertz CT molecular complexity index is 655. The van der Waals surface area contributed by atoms with Crippen LogP contribution in [-0.4, -0.2) is 35.6 Å². The molecule has 1 N–H and O–H groups in total. The molecule has 0 bridgehead atoms. The number of esters is 1. The van der Waals surface area contributed by atoms with Gasteiger partial charge >= 0.3 is 5.97 Å². The van der Waals surface area contributed by atoms with Crippen molar-refractivity contribution in [2.75, 3.05) is 24.6 Å². The van der Waals surface area contributed by atoms with Crippen LogP contribution >= 0.6 is 11.6 Å². The second-order valence-electron chi connectivity index (χ2n) is 5.24. The van der Waals surface area contributed by atoms with E-state index in [0.717, 1.165) is 36.2 Å². The van der Waals surface area contributed by atoms with Crippen LogP contribution in [0, 0.1) is 5.92 Å². The fourth-order valence-corrected chi connectivity index (χ4v) is 3.03. The van der Waals surface area contributed by atoms with Crippen LogP contribution in [0.2, 0.25) is 5.02 Å². The first-order valence-electron chi connectivity index (χ1n) is 7.24. The van der Waals surface area contributed by atoms with Crippen LogP contribution in [0.5, 0.6) is 0 Å². The molecule has 3 rings (SSSR count). The molecule has 6 heteroatoms. The number of aromatic nitrogens is 2. The van der Waals surface area contributed by atoms with Gasteiger partial charge in [-0.25, -0.2) is 4.98 Å². The highest BCUT2D eigenvalue weighted by Gasteiger charge is 2.27. The maximum Gasteiger partial charge on any atom is 0.310 e. The highest BCUT2D eigenvalue weighted by atomic mass is 35.5. The molecule has 1 aliphatic rings. The van der Waals surface area contributed by atoms with Crippen molar-refractivity contribution in [1.29, 1.82) is 0 Å². The number of nitrogens with one attached hydrogen (secondary N) is 1. The standard InChI is InChI=1S/C15H18ClN3O2/c1-2-21-15(20)10-4-3-7-19(9-10)13-8-12(16)11-5-6-17-14(11)18-13/h5-6,8,10H,2-4,7,9H2,1H3,(H,17,18). The summed E-state index contributed by atoms with van der Waals surface area (Å²) in [6.45, 7) is 3.77. The number of pyridine rings is 1. The molecule has 1 fully saturated rings. The second kappa shape index (κ2) is 5.93. The van der Waals surface area contributed by atoms with E-state index in [9.17, 15) is 4.79 Å². The Morgan fingerprint density at radius 1 is 1.62 bits per heavy atom. The Balaban J connectivity index is 1.82. The molecule has 0 aliphatic carbocycles. The van der Waals surface area contributed by atoms with Gasteiger partial charge in [-0.05, 0) is 25.8 Å². The predicted molar refractivity (Wildman–Crippen MR) is 82.7 cm³/mol. The smallest absolute Gasteiger partial charge is 0.310 e. The molecule has 1 saturated heterocycles. The second-order valence-corrected chi connectivity index (χ2v) is 5.65. The Hall–Kier alpha value is -1.75. The summed E-state index contributed by atoms with van der Waals surface area (Å²) in [6, 6.07) is 3.78. The topological polar surface area (TPSA) is 58.2 Å². The van der Waals surface area contributed by atoms with Gasteiger partial charge in [0, 0.05) is 30.7 Å². The lowest BCUT2D eigenvalue weighted by Gasteiger charge is -2.32. The summed E-state index contributed by atoms with van der Waals surface area (Å²) < 4.78 is 5.13. The zero-order chi connectivity index (χ0) is 14.8. The summed E-state index contributed by atoms with van der Waals surface area (Å²) in [5, 5.41) is 1.59. The minimum absolute atomic E-state index is 0.0846. The number of carbonyl (C=O) groups excluding carboxylic acids is 1. The van der Waals surface area contributed by atoms with Crippen LogP contribution in [-0.2, 0) is 9.53 Å². The number of ether oxygens (including phenoxy) is 1. The fourth-order valence-electron chi connectivity index (χ4n) is 2.78. The van der Waals surface area contributed by atoms with Gasteiger partial charge in [-0.2, -0.15) is 0 Å². The Kier molecular flexibility index (Phi) is 4.01. The average Bonchev–Trinajstić information content (AvgIpc) is 2.96. The van der Waals surface area contributed by atoms with E-state index in [0.29, 0.717) is 18.2 Å². The largest absolute Gasteiger partial charge is 0.466 e. The first-order valence-corrected chi connectivity index (χ1v) is 7.62. The Labute approximate surface area is 128 Å². The van der Waals surface area contributed by atoms with Crippen molar-refractivity contribution in [2.24, 2.45) is 5.92 Å². The number of H-pyrrole nitrogens is 1. The summed E-state index contributed by atoms with van der Waals surface area (Å²) in [5.41, 5.74) is 0.774. The van der Waals surface area contributed by atoms with Crippen LogP contribution in [0.4, 0.5) is 5.82 Å². The molecular formula is C15H18ClN3O2. The minimum atomic E-state index is -0.116. The Morgan fingerprint density at radius 2 is 2.48 bits per heavy atom. The molecule has 2 aromatic rings. The van der Waals surface area contributed by atoms with E-state index in [1.807, 2.05) is 25.3 Å². The highest BCUT2D eigenvalue weighted by molar-refractivity contribution is 6.35. The van der Waals surface area contributed by atoms with E-state index in [1.54, 1.807) is 0 Å². The molecule has 0 amide bonds. The minimum Gasteiger partial charge on any atom is -0.466 e. The number of fused-ring (bicyclic) bond motifs is 1. The molecule has 112 valence electrons. The molecule has 3 heterocycles. The van der Waals surface area contributed by atoms with Gasteiger partial charge in [-0.3, -0.25) is 4.79 Å². The van der Waals surface area contributed by atoms with Gasteiger partial charge < -0.3 is 14.6 Å². The van der Waals surface area contributed by atoms with Crippen molar-refractivity contribution in [2.45, 2.75) is 19.8 Å². The summed E-state index contributed by atoms with van der Waals surface area (Å²) in [4.78, 5) is 21.7. The zero-order valence-corrected chi connectivity index (χ0v) is 12.7. The number of aromatic amines is 1. The van der Waals surface area contributed by atoms with E-state index in [-0.39, 0.29) is 11.9 Å². The van der Waals surface area contributed by atoms with E-state index in [1.165, 1.54) is 0 Å². The lowest BCUT2D eigenvalue weighted by Crippen LogP contribution is -2.39. The molecule has 0 saturated carbocycles. The van der Waals surface area contributed by atoms with Crippen LogP contribution in [0.3, 0.4) is 0 Å². The van der Waals surface area contributed by atoms with E-state index >= 15 is 0 Å². The van der Waals surface area contributed by atoms with Crippen molar-refractivity contribution in [3.8, 4) is 0 Å². The van der Waals surface area contributed by atoms with Gasteiger partial charge in [0.2, 0.25) is 0 Å². The molecule has 1 atom stereocenters. The van der Waals surface area contributed by atoms with Crippen LogP contribution in [0.1, 0.15) is 19.8 Å². The number of piperidine rings is 1. The van der Waals surface area contributed by atoms with Gasteiger partial charge in [0.05, 0.1) is 17.5 Å². The quantitative estimate of drug-likeness (QED) is 0.886. The van der Waals surface area contributed by atoms with Gasteiger partial charge in [0.25, 0.3) is 0 Å². The summed E-state index contributed by atoms with van der Waals surface area (Å²) in [5.74, 6) is 0.608. The molecule has 1 unspecified atom stereocenters. The van der Waals surface area contributed by atoms with Gasteiger partial charge in [0.1, 0.15) is 11.5 Å². The van der Waals surface area contributed by atoms with Crippen LogP contribution in [0.25, 0.3) is 11.0 Å². The molecule has 21 heavy (non-hydrogen) atoms. The highest BCUT2D eigenvalue weighted by Crippen LogP contribution is 2.29. The molecule has 0 spiro atoms. The van der Waals surface area contributed by atoms with Gasteiger partial charge in [-0.15, -0.1) is 0 Å². The van der Waals surface area contributed by atoms with E-state index < -0.39 is 0 Å².